The molecule has 0 fully saturated rings. The molecule has 2 heterocycles. The lowest BCUT2D eigenvalue weighted by molar-refractivity contribution is 0.436. The molecule has 6 heteroatoms. The molecule has 0 unspecified atom stereocenters. The summed E-state index contributed by atoms with van der Waals surface area (Å²) in [6.07, 6.45) is 0. The number of thiophene rings is 1. The Kier molecular flexibility index (Phi) is 3.23. The molecule has 0 aliphatic carbocycles. The van der Waals surface area contributed by atoms with Crippen LogP contribution in [-0.2, 0) is 0 Å². The fourth-order valence-corrected chi connectivity index (χ4v) is 3.10. The third-order valence-electron chi connectivity index (χ3n) is 3.01. The lowest BCUT2D eigenvalue weighted by Gasteiger charge is -2.05. The highest BCUT2D eigenvalue weighted by atomic mass is 35.5. The fourth-order valence-electron chi connectivity index (χ4n) is 2.02. The summed E-state index contributed by atoms with van der Waals surface area (Å²) in [5.74, 6) is 0.0876. The zero-order chi connectivity index (χ0) is 14.3. The van der Waals surface area contributed by atoms with E-state index in [2.05, 4.69) is 5.16 Å². The lowest BCUT2D eigenvalue weighted by atomic mass is 10.0. The summed E-state index contributed by atoms with van der Waals surface area (Å²) in [4.78, 5) is 0.878. The topological polar surface area (TPSA) is 52.0 Å². The van der Waals surface area contributed by atoms with Crippen LogP contribution in [0.3, 0.4) is 0 Å². The Bertz CT molecular complexity index is 781. The second-order valence-corrected chi connectivity index (χ2v) is 5.63. The van der Waals surface area contributed by atoms with Crippen LogP contribution < -0.4 is 5.73 Å². The number of benzene rings is 1. The number of rotatable bonds is 2. The highest BCUT2D eigenvalue weighted by Crippen LogP contribution is 2.41. The molecule has 0 bridgehead atoms. The maximum Gasteiger partial charge on any atom is 0.187 e. The van der Waals surface area contributed by atoms with Crippen molar-refractivity contribution in [1.82, 2.24) is 5.16 Å². The van der Waals surface area contributed by atoms with Crippen molar-refractivity contribution in [3.63, 3.8) is 0 Å². The number of nitrogens with zero attached hydrogens (tertiary/aromatic N) is 1. The molecular formula is C14H10ClFN2OS. The summed E-state index contributed by atoms with van der Waals surface area (Å²) >= 11 is 7.32. The maximum atomic E-state index is 14.2. The van der Waals surface area contributed by atoms with Gasteiger partial charge in [-0.3, -0.25) is 0 Å². The van der Waals surface area contributed by atoms with E-state index in [0.717, 1.165) is 10.4 Å². The summed E-state index contributed by atoms with van der Waals surface area (Å²) in [7, 11) is 0. The molecule has 0 spiro atoms. The van der Waals surface area contributed by atoms with Gasteiger partial charge < -0.3 is 10.3 Å². The first-order chi connectivity index (χ1) is 9.59. The van der Waals surface area contributed by atoms with Crippen LogP contribution in [0.25, 0.3) is 21.8 Å². The van der Waals surface area contributed by atoms with Crippen LogP contribution in [0.5, 0.6) is 0 Å². The van der Waals surface area contributed by atoms with Crippen molar-refractivity contribution in [2.75, 3.05) is 5.73 Å². The highest BCUT2D eigenvalue weighted by Gasteiger charge is 2.23. The summed E-state index contributed by atoms with van der Waals surface area (Å²) < 4.78 is 19.5. The Morgan fingerprint density at radius 3 is 2.85 bits per heavy atom. The van der Waals surface area contributed by atoms with Gasteiger partial charge in [0.1, 0.15) is 5.82 Å². The predicted octanol–water partition coefficient (Wildman–Crippen LogP) is 4.75. The number of aryl methyl sites for hydroxylation is 1. The summed E-state index contributed by atoms with van der Waals surface area (Å²) in [5, 5.41) is 5.73. The third kappa shape index (κ3) is 1.99. The smallest absolute Gasteiger partial charge is 0.187 e. The van der Waals surface area contributed by atoms with E-state index in [1.165, 1.54) is 17.4 Å². The molecule has 0 aliphatic heterocycles. The Labute approximate surface area is 123 Å². The third-order valence-corrected chi connectivity index (χ3v) is 4.31. The summed E-state index contributed by atoms with van der Waals surface area (Å²) in [6.45, 7) is 1.95. The van der Waals surface area contributed by atoms with E-state index in [9.17, 15) is 4.39 Å². The minimum Gasteiger partial charge on any atom is -0.380 e. The van der Waals surface area contributed by atoms with Crippen LogP contribution in [0.1, 0.15) is 5.56 Å². The average Bonchev–Trinajstić information content (AvgIpc) is 2.99. The van der Waals surface area contributed by atoms with Gasteiger partial charge in [0.05, 0.1) is 15.5 Å². The summed E-state index contributed by atoms with van der Waals surface area (Å²) in [6, 6.07) is 6.71. The van der Waals surface area contributed by atoms with E-state index >= 15 is 0 Å². The predicted molar refractivity (Wildman–Crippen MR) is 79.4 cm³/mol. The standard InChI is InChI=1S/C14H10ClFN2OS/c1-7-5-6-20-13(7)12-10(14(17)18-19-12)8-3-2-4-9(15)11(8)16/h2-6H,1H3,(H2,17,18). The normalized spacial score (nSPS) is 10.9. The van der Waals surface area contributed by atoms with Crippen molar-refractivity contribution in [2.45, 2.75) is 6.92 Å². The van der Waals surface area contributed by atoms with Crippen molar-refractivity contribution in [2.24, 2.45) is 0 Å². The van der Waals surface area contributed by atoms with Gasteiger partial charge in [0.15, 0.2) is 11.6 Å². The second kappa shape index (κ2) is 4.92. The molecule has 2 N–H and O–H groups in total. The van der Waals surface area contributed by atoms with Gasteiger partial charge in [0, 0.05) is 5.56 Å². The molecular weight excluding hydrogens is 299 g/mol. The van der Waals surface area contributed by atoms with Crippen molar-refractivity contribution < 1.29 is 8.91 Å². The molecule has 3 nitrogen and oxygen atoms in total. The first-order valence-corrected chi connectivity index (χ1v) is 7.09. The zero-order valence-corrected chi connectivity index (χ0v) is 12.1. The Morgan fingerprint density at radius 2 is 2.15 bits per heavy atom. The highest BCUT2D eigenvalue weighted by molar-refractivity contribution is 7.13. The van der Waals surface area contributed by atoms with E-state index in [0.29, 0.717) is 16.9 Å². The van der Waals surface area contributed by atoms with E-state index in [1.807, 2.05) is 18.4 Å². The van der Waals surface area contributed by atoms with E-state index < -0.39 is 5.82 Å². The summed E-state index contributed by atoms with van der Waals surface area (Å²) in [5.41, 5.74) is 7.59. The van der Waals surface area contributed by atoms with Crippen molar-refractivity contribution >= 4 is 28.8 Å². The minimum atomic E-state index is -0.528. The van der Waals surface area contributed by atoms with E-state index in [4.69, 9.17) is 21.9 Å². The van der Waals surface area contributed by atoms with Crippen LogP contribution in [-0.4, -0.2) is 5.16 Å². The van der Waals surface area contributed by atoms with Gasteiger partial charge in [-0.15, -0.1) is 11.3 Å². The van der Waals surface area contributed by atoms with Crippen LogP contribution in [0.4, 0.5) is 10.2 Å². The molecule has 20 heavy (non-hydrogen) atoms. The van der Waals surface area contributed by atoms with Gasteiger partial charge in [-0.2, -0.15) is 0 Å². The van der Waals surface area contributed by atoms with Crippen LogP contribution >= 0.6 is 22.9 Å². The number of nitrogens with two attached hydrogens (primary N) is 1. The zero-order valence-electron chi connectivity index (χ0n) is 10.5. The molecule has 2 aromatic heterocycles. The van der Waals surface area contributed by atoms with Crippen molar-refractivity contribution in [3.05, 3.63) is 46.0 Å². The first-order valence-electron chi connectivity index (χ1n) is 5.83. The van der Waals surface area contributed by atoms with Gasteiger partial charge in [-0.1, -0.05) is 28.9 Å². The molecule has 0 saturated carbocycles. The van der Waals surface area contributed by atoms with Crippen LogP contribution in [0, 0.1) is 12.7 Å². The largest absolute Gasteiger partial charge is 0.380 e. The second-order valence-electron chi connectivity index (χ2n) is 4.31. The first kappa shape index (κ1) is 13.1. The molecule has 0 saturated heterocycles. The van der Waals surface area contributed by atoms with Crippen molar-refractivity contribution in [1.29, 1.82) is 0 Å². The average molecular weight is 309 g/mol. The molecule has 102 valence electrons. The Hall–Kier alpha value is -1.85. The minimum absolute atomic E-state index is 0.0388. The Morgan fingerprint density at radius 1 is 1.35 bits per heavy atom. The van der Waals surface area contributed by atoms with Gasteiger partial charge in [0.25, 0.3) is 0 Å². The van der Waals surface area contributed by atoms with Crippen LogP contribution in [0.2, 0.25) is 5.02 Å². The van der Waals surface area contributed by atoms with Gasteiger partial charge in [-0.05, 0) is 30.0 Å². The number of aromatic nitrogens is 1. The number of anilines is 1. The van der Waals surface area contributed by atoms with E-state index in [-0.39, 0.29) is 10.8 Å². The molecule has 0 amide bonds. The molecule has 3 rings (SSSR count). The molecule has 3 aromatic rings. The molecule has 0 atom stereocenters. The quantitative estimate of drug-likeness (QED) is 0.743. The van der Waals surface area contributed by atoms with Gasteiger partial charge >= 0.3 is 0 Å². The number of nitrogen functional groups attached to an aromatic ring is 1. The lowest BCUT2D eigenvalue weighted by Crippen LogP contribution is -1.92. The Balaban J connectivity index is 2.27. The van der Waals surface area contributed by atoms with Crippen LogP contribution in [0.15, 0.2) is 34.2 Å². The van der Waals surface area contributed by atoms with Gasteiger partial charge in [0.2, 0.25) is 0 Å². The molecule has 1 aromatic carbocycles. The monoisotopic (exact) mass is 308 g/mol. The fraction of sp³-hybridized carbons (Fsp3) is 0.0714. The SMILES string of the molecule is Cc1ccsc1-c1onc(N)c1-c1cccc(Cl)c1F. The number of hydrogen-bond acceptors (Lipinski definition) is 4. The number of hydrogen-bond donors (Lipinski definition) is 1. The number of halogens is 2. The van der Waals surface area contributed by atoms with Crippen molar-refractivity contribution in [3.8, 4) is 21.8 Å². The van der Waals surface area contributed by atoms with E-state index in [1.54, 1.807) is 12.1 Å². The molecule has 0 radical (unpaired) electrons. The van der Waals surface area contributed by atoms with Gasteiger partial charge in [-0.25, -0.2) is 4.39 Å². The molecule has 0 aliphatic rings. The maximum absolute atomic E-state index is 14.2.